The number of nitro groups is 1. The molecule has 1 aromatic heterocycles. The third-order valence-electron chi connectivity index (χ3n) is 3.43. The van der Waals surface area contributed by atoms with Crippen LogP contribution in [0.1, 0.15) is 34.1 Å². The van der Waals surface area contributed by atoms with Crippen LogP contribution in [0.25, 0.3) is 0 Å². The van der Waals surface area contributed by atoms with Crippen LogP contribution >= 0.6 is 23.1 Å². The maximum absolute atomic E-state index is 12.5. The van der Waals surface area contributed by atoms with E-state index in [0.717, 1.165) is 24.2 Å². The number of anilines is 1. The highest BCUT2D eigenvalue weighted by Crippen LogP contribution is 2.38. The molecule has 0 saturated carbocycles. The standard InChI is InChI=1S/C17H25N5O5S3/c1-5-27-10-6-9-18-15-19-20-16(29-15)28-14-8-7-12(11-13(14)22(23)24)30(25,26)21-17(2,3)4/h7-8,11,21H,5-6,9-10H2,1-4H3,(H,18,19). The van der Waals surface area contributed by atoms with Crippen LogP contribution in [0.2, 0.25) is 0 Å². The highest BCUT2D eigenvalue weighted by atomic mass is 32.2. The Morgan fingerprint density at radius 3 is 2.67 bits per heavy atom. The molecule has 0 radical (unpaired) electrons. The SMILES string of the molecule is CCOCCCNc1nnc(Sc2ccc(S(=O)(=O)NC(C)(C)C)cc2[N+](=O)[O-])s1. The van der Waals surface area contributed by atoms with Crippen molar-refractivity contribution in [2.75, 3.05) is 25.1 Å². The molecule has 2 N–H and O–H groups in total. The Balaban J connectivity index is 2.14. The number of nitrogens with zero attached hydrogens (tertiary/aromatic N) is 3. The van der Waals surface area contributed by atoms with Gasteiger partial charge in [-0.05, 0) is 58.0 Å². The minimum Gasteiger partial charge on any atom is -0.382 e. The molecule has 2 rings (SSSR count). The number of aromatic nitrogens is 2. The van der Waals surface area contributed by atoms with Crippen molar-refractivity contribution < 1.29 is 18.1 Å². The van der Waals surface area contributed by atoms with Gasteiger partial charge < -0.3 is 10.1 Å². The van der Waals surface area contributed by atoms with Crippen LogP contribution in [-0.4, -0.2) is 48.8 Å². The van der Waals surface area contributed by atoms with Crippen LogP contribution in [-0.2, 0) is 14.8 Å². The van der Waals surface area contributed by atoms with Crippen molar-refractivity contribution in [1.82, 2.24) is 14.9 Å². The Kier molecular flexibility index (Phi) is 8.55. The first-order chi connectivity index (χ1) is 14.0. The predicted molar refractivity (Wildman–Crippen MR) is 117 cm³/mol. The summed E-state index contributed by atoms with van der Waals surface area (Å²) in [6, 6.07) is 3.82. The number of nitrogens with one attached hydrogen (secondary N) is 2. The highest BCUT2D eigenvalue weighted by molar-refractivity contribution is 8.01. The molecule has 0 unspecified atom stereocenters. The van der Waals surface area contributed by atoms with E-state index in [1.807, 2.05) is 6.92 Å². The van der Waals surface area contributed by atoms with Crippen LogP contribution < -0.4 is 10.0 Å². The smallest absolute Gasteiger partial charge is 0.284 e. The van der Waals surface area contributed by atoms with Crippen LogP contribution in [0.3, 0.4) is 0 Å². The first kappa shape index (κ1) is 24.5. The Labute approximate surface area is 184 Å². The number of benzene rings is 1. The van der Waals surface area contributed by atoms with E-state index in [9.17, 15) is 18.5 Å². The maximum atomic E-state index is 12.5. The largest absolute Gasteiger partial charge is 0.382 e. The van der Waals surface area contributed by atoms with Gasteiger partial charge in [-0.3, -0.25) is 10.1 Å². The fraction of sp³-hybridized carbons (Fsp3) is 0.529. The number of hydrogen-bond donors (Lipinski definition) is 2. The molecule has 0 atom stereocenters. The Morgan fingerprint density at radius 1 is 1.30 bits per heavy atom. The van der Waals surface area contributed by atoms with Gasteiger partial charge in [0.15, 0.2) is 4.34 Å². The molecule has 13 heteroatoms. The van der Waals surface area contributed by atoms with Gasteiger partial charge >= 0.3 is 0 Å². The maximum Gasteiger partial charge on any atom is 0.284 e. The summed E-state index contributed by atoms with van der Waals surface area (Å²) in [4.78, 5) is 11.0. The average Bonchev–Trinajstić information content (AvgIpc) is 3.07. The third kappa shape index (κ3) is 7.47. The lowest BCUT2D eigenvalue weighted by molar-refractivity contribution is -0.388. The molecule has 0 amide bonds. The summed E-state index contributed by atoms with van der Waals surface area (Å²) in [5, 5.41) is 23.3. The molecule has 0 fully saturated rings. The summed E-state index contributed by atoms with van der Waals surface area (Å²) in [6.07, 6.45) is 0.819. The van der Waals surface area contributed by atoms with Gasteiger partial charge in [-0.2, -0.15) is 0 Å². The quantitative estimate of drug-likeness (QED) is 0.284. The molecule has 0 saturated heterocycles. The number of nitro benzene ring substituents is 1. The molecular formula is C17H25N5O5S3. The van der Waals surface area contributed by atoms with Gasteiger partial charge in [0.05, 0.1) is 14.7 Å². The zero-order valence-electron chi connectivity index (χ0n) is 17.2. The molecule has 0 bridgehead atoms. The van der Waals surface area contributed by atoms with Crippen molar-refractivity contribution in [2.45, 2.75) is 53.8 Å². The molecular weight excluding hydrogens is 450 g/mol. The highest BCUT2D eigenvalue weighted by Gasteiger charge is 2.26. The lowest BCUT2D eigenvalue weighted by atomic mass is 10.1. The second-order valence-electron chi connectivity index (χ2n) is 7.19. The first-order valence-electron chi connectivity index (χ1n) is 9.17. The van der Waals surface area contributed by atoms with E-state index in [1.165, 1.54) is 23.5 Å². The molecule has 166 valence electrons. The van der Waals surface area contributed by atoms with E-state index in [4.69, 9.17) is 4.74 Å². The van der Waals surface area contributed by atoms with Gasteiger partial charge in [-0.1, -0.05) is 11.3 Å². The van der Waals surface area contributed by atoms with Crippen molar-refractivity contribution in [3.05, 3.63) is 28.3 Å². The molecule has 0 aliphatic heterocycles. The van der Waals surface area contributed by atoms with Crippen molar-refractivity contribution >= 4 is 43.9 Å². The number of ether oxygens (including phenoxy) is 1. The molecule has 0 aliphatic rings. The van der Waals surface area contributed by atoms with Gasteiger partial charge in [-0.15, -0.1) is 10.2 Å². The second-order valence-corrected chi connectivity index (χ2v) is 11.1. The molecule has 10 nitrogen and oxygen atoms in total. The summed E-state index contributed by atoms with van der Waals surface area (Å²) in [7, 11) is -3.89. The molecule has 1 aromatic carbocycles. The fourth-order valence-corrected chi connectivity index (χ4v) is 5.54. The van der Waals surface area contributed by atoms with Crippen molar-refractivity contribution in [3.8, 4) is 0 Å². The minimum atomic E-state index is -3.89. The summed E-state index contributed by atoms with van der Waals surface area (Å²) < 4.78 is 33.2. The first-order valence-corrected chi connectivity index (χ1v) is 12.3. The van der Waals surface area contributed by atoms with E-state index in [-0.39, 0.29) is 15.5 Å². The molecule has 1 heterocycles. The summed E-state index contributed by atoms with van der Waals surface area (Å²) in [6.45, 7) is 9.01. The Morgan fingerprint density at radius 2 is 2.03 bits per heavy atom. The van der Waals surface area contributed by atoms with Crippen LogP contribution in [0, 0.1) is 10.1 Å². The minimum absolute atomic E-state index is 0.164. The van der Waals surface area contributed by atoms with Gasteiger partial charge in [-0.25, -0.2) is 13.1 Å². The van der Waals surface area contributed by atoms with Crippen molar-refractivity contribution in [3.63, 3.8) is 0 Å². The third-order valence-corrected chi connectivity index (χ3v) is 7.18. The van der Waals surface area contributed by atoms with Crippen molar-refractivity contribution in [1.29, 1.82) is 0 Å². The number of hydrogen-bond acceptors (Lipinski definition) is 10. The predicted octanol–water partition coefficient (Wildman–Crippen LogP) is 3.51. The molecule has 0 aliphatic carbocycles. The van der Waals surface area contributed by atoms with E-state index in [2.05, 4.69) is 20.2 Å². The lowest BCUT2D eigenvalue weighted by Crippen LogP contribution is -2.40. The summed E-state index contributed by atoms with van der Waals surface area (Å²) in [5.74, 6) is 0. The van der Waals surface area contributed by atoms with Crippen LogP contribution in [0.4, 0.5) is 10.8 Å². The second kappa shape index (κ2) is 10.5. The Hall–Kier alpha value is -1.80. The van der Waals surface area contributed by atoms with E-state index >= 15 is 0 Å². The summed E-state index contributed by atoms with van der Waals surface area (Å²) >= 11 is 2.33. The van der Waals surface area contributed by atoms with Crippen LogP contribution in [0.15, 0.2) is 32.3 Å². The van der Waals surface area contributed by atoms with Gasteiger partial charge in [0.25, 0.3) is 5.69 Å². The number of rotatable bonds is 11. The zero-order chi connectivity index (χ0) is 22.4. The fourth-order valence-electron chi connectivity index (χ4n) is 2.29. The normalized spacial score (nSPS) is 12.1. The molecule has 2 aromatic rings. The van der Waals surface area contributed by atoms with E-state index < -0.39 is 20.5 Å². The molecule has 30 heavy (non-hydrogen) atoms. The van der Waals surface area contributed by atoms with Gasteiger partial charge in [0.1, 0.15) is 0 Å². The lowest BCUT2D eigenvalue weighted by Gasteiger charge is -2.20. The van der Waals surface area contributed by atoms with E-state index in [0.29, 0.717) is 29.2 Å². The van der Waals surface area contributed by atoms with E-state index in [1.54, 1.807) is 20.8 Å². The van der Waals surface area contributed by atoms with Crippen molar-refractivity contribution in [2.24, 2.45) is 0 Å². The topological polar surface area (TPSA) is 136 Å². The summed E-state index contributed by atoms with van der Waals surface area (Å²) in [5.41, 5.74) is -1.02. The van der Waals surface area contributed by atoms with Crippen LogP contribution in [0.5, 0.6) is 0 Å². The Bertz CT molecular complexity index is 972. The monoisotopic (exact) mass is 475 g/mol. The number of sulfonamides is 1. The zero-order valence-corrected chi connectivity index (χ0v) is 19.6. The van der Waals surface area contributed by atoms with Gasteiger partial charge in [0.2, 0.25) is 15.2 Å². The average molecular weight is 476 g/mol. The molecule has 0 spiro atoms. The van der Waals surface area contributed by atoms with Gasteiger partial charge in [0, 0.05) is 31.4 Å².